The summed E-state index contributed by atoms with van der Waals surface area (Å²) in [7, 11) is 0. The molecule has 0 saturated heterocycles. The quantitative estimate of drug-likeness (QED) is 0.745. The summed E-state index contributed by atoms with van der Waals surface area (Å²) in [5.41, 5.74) is 2.49. The molecule has 1 fully saturated rings. The van der Waals surface area contributed by atoms with Crippen LogP contribution in [0.15, 0.2) is 48.8 Å². The van der Waals surface area contributed by atoms with Crippen LogP contribution in [-0.4, -0.2) is 10.4 Å². The normalized spacial score (nSPS) is 23.1. The van der Waals surface area contributed by atoms with E-state index in [4.69, 9.17) is 23.2 Å². The van der Waals surface area contributed by atoms with E-state index in [2.05, 4.69) is 35.3 Å². The topological polar surface area (TPSA) is 12.9 Å². The van der Waals surface area contributed by atoms with Gasteiger partial charge in [-0.2, -0.15) is 0 Å². The molecule has 1 aromatic heterocycles. The second kappa shape index (κ2) is 5.52. The van der Waals surface area contributed by atoms with Crippen LogP contribution in [0, 0.1) is 5.92 Å². The van der Waals surface area contributed by atoms with Gasteiger partial charge in [-0.3, -0.25) is 4.98 Å². The monoisotopic (exact) mass is 291 g/mol. The summed E-state index contributed by atoms with van der Waals surface area (Å²) in [6.07, 6.45) is 5.45. The van der Waals surface area contributed by atoms with Crippen molar-refractivity contribution in [3.63, 3.8) is 0 Å². The highest BCUT2D eigenvalue weighted by Gasteiger charge is 2.42. The summed E-state index contributed by atoms with van der Waals surface area (Å²) >= 11 is 12.7. The minimum absolute atomic E-state index is 0.144. The van der Waals surface area contributed by atoms with E-state index in [1.165, 1.54) is 12.0 Å². The van der Waals surface area contributed by atoms with E-state index < -0.39 is 0 Å². The number of benzene rings is 1. The number of rotatable bonds is 4. The lowest BCUT2D eigenvalue weighted by Crippen LogP contribution is -2.07. The molecule has 1 aliphatic carbocycles. The van der Waals surface area contributed by atoms with E-state index in [0.717, 1.165) is 12.0 Å². The Kier molecular flexibility index (Phi) is 3.76. The van der Waals surface area contributed by atoms with Gasteiger partial charge in [-0.15, -0.1) is 11.6 Å². The molecule has 0 aliphatic heterocycles. The highest BCUT2D eigenvalue weighted by molar-refractivity contribution is 6.31. The number of halogens is 2. The third kappa shape index (κ3) is 2.93. The fraction of sp³-hybridized carbons (Fsp3) is 0.312. The van der Waals surface area contributed by atoms with Gasteiger partial charge in [0.2, 0.25) is 0 Å². The Hall–Kier alpha value is -1.05. The lowest BCUT2D eigenvalue weighted by molar-refractivity contribution is 0.713. The summed E-state index contributed by atoms with van der Waals surface area (Å²) in [4.78, 5) is 4.00. The summed E-state index contributed by atoms with van der Waals surface area (Å²) in [5, 5.41) is 0.857. The van der Waals surface area contributed by atoms with Crippen LogP contribution in [-0.2, 0) is 6.42 Å². The molecule has 2 aromatic rings. The SMILES string of the molecule is Clc1cnccc1CC(Cl)C1CC1c1ccccc1. The van der Waals surface area contributed by atoms with E-state index in [9.17, 15) is 0 Å². The molecular weight excluding hydrogens is 277 g/mol. The van der Waals surface area contributed by atoms with E-state index in [1.54, 1.807) is 12.4 Å². The fourth-order valence-corrected chi connectivity index (χ4v) is 3.27. The summed E-state index contributed by atoms with van der Waals surface area (Å²) in [5.74, 6) is 1.18. The smallest absolute Gasteiger partial charge is 0.0621 e. The van der Waals surface area contributed by atoms with Crippen LogP contribution in [0.25, 0.3) is 0 Å². The summed E-state index contributed by atoms with van der Waals surface area (Å²) in [6, 6.07) is 12.6. The highest BCUT2D eigenvalue weighted by Crippen LogP contribution is 2.51. The zero-order chi connectivity index (χ0) is 13.2. The van der Waals surface area contributed by atoms with E-state index >= 15 is 0 Å². The molecule has 1 heterocycles. The first kappa shape index (κ1) is 13.0. The van der Waals surface area contributed by atoms with Crippen molar-refractivity contribution in [1.82, 2.24) is 4.98 Å². The van der Waals surface area contributed by atoms with Crippen LogP contribution >= 0.6 is 23.2 Å². The Morgan fingerprint density at radius 2 is 2.00 bits per heavy atom. The van der Waals surface area contributed by atoms with Crippen molar-refractivity contribution in [3.05, 3.63) is 64.9 Å². The molecule has 3 heteroatoms. The van der Waals surface area contributed by atoms with Crippen LogP contribution in [0.1, 0.15) is 23.5 Å². The molecule has 0 spiro atoms. The van der Waals surface area contributed by atoms with Crippen LogP contribution < -0.4 is 0 Å². The molecule has 1 saturated carbocycles. The van der Waals surface area contributed by atoms with Crippen molar-refractivity contribution in [2.45, 2.75) is 24.1 Å². The maximum absolute atomic E-state index is 6.55. The van der Waals surface area contributed by atoms with Crippen molar-refractivity contribution < 1.29 is 0 Å². The number of nitrogens with zero attached hydrogens (tertiary/aromatic N) is 1. The Bertz CT molecular complexity index is 556. The number of hydrogen-bond donors (Lipinski definition) is 0. The molecule has 0 bridgehead atoms. The van der Waals surface area contributed by atoms with Gasteiger partial charge < -0.3 is 0 Å². The standard InChI is InChI=1S/C16H15Cl2N/c17-15(8-12-6-7-19-10-16(12)18)14-9-13(14)11-4-2-1-3-5-11/h1-7,10,13-15H,8-9H2. The van der Waals surface area contributed by atoms with Gasteiger partial charge in [-0.1, -0.05) is 41.9 Å². The lowest BCUT2D eigenvalue weighted by Gasteiger charge is -2.10. The molecule has 0 radical (unpaired) electrons. The van der Waals surface area contributed by atoms with Crippen LogP contribution in [0.4, 0.5) is 0 Å². The van der Waals surface area contributed by atoms with Crippen LogP contribution in [0.5, 0.6) is 0 Å². The average Bonchev–Trinajstić information content (AvgIpc) is 3.23. The zero-order valence-electron chi connectivity index (χ0n) is 10.5. The molecule has 1 aliphatic rings. The zero-order valence-corrected chi connectivity index (χ0v) is 12.0. The van der Waals surface area contributed by atoms with Gasteiger partial charge in [-0.25, -0.2) is 0 Å². The predicted molar refractivity (Wildman–Crippen MR) is 79.9 cm³/mol. The molecule has 19 heavy (non-hydrogen) atoms. The maximum atomic E-state index is 6.55. The van der Waals surface area contributed by atoms with E-state index in [0.29, 0.717) is 16.9 Å². The van der Waals surface area contributed by atoms with E-state index in [1.807, 2.05) is 6.07 Å². The molecule has 1 aromatic carbocycles. The summed E-state index contributed by atoms with van der Waals surface area (Å²) < 4.78 is 0. The molecule has 98 valence electrons. The molecule has 3 unspecified atom stereocenters. The molecule has 3 atom stereocenters. The Morgan fingerprint density at radius 1 is 1.21 bits per heavy atom. The third-order valence-electron chi connectivity index (χ3n) is 3.80. The summed E-state index contributed by atoms with van der Waals surface area (Å²) in [6.45, 7) is 0. The van der Waals surface area contributed by atoms with Crippen molar-refractivity contribution in [2.75, 3.05) is 0 Å². The fourth-order valence-electron chi connectivity index (χ4n) is 2.63. The second-order valence-corrected chi connectivity index (χ2v) is 6.07. The minimum atomic E-state index is 0.144. The van der Waals surface area contributed by atoms with Crippen LogP contribution in [0.3, 0.4) is 0 Å². The molecule has 1 nitrogen and oxygen atoms in total. The Morgan fingerprint density at radius 3 is 2.74 bits per heavy atom. The molecule has 0 N–H and O–H groups in total. The van der Waals surface area contributed by atoms with Crippen molar-refractivity contribution in [2.24, 2.45) is 5.92 Å². The highest BCUT2D eigenvalue weighted by atomic mass is 35.5. The van der Waals surface area contributed by atoms with Gasteiger partial charge in [0.15, 0.2) is 0 Å². The molecular formula is C16H15Cl2N. The van der Waals surface area contributed by atoms with Gasteiger partial charge in [-0.05, 0) is 41.9 Å². The van der Waals surface area contributed by atoms with Crippen molar-refractivity contribution in [1.29, 1.82) is 0 Å². The Labute approximate surface area is 123 Å². The molecule has 3 rings (SSSR count). The van der Waals surface area contributed by atoms with Crippen molar-refractivity contribution in [3.8, 4) is 0 Å². The first-order valence-corrected chi connectivity index (χ1v) is 7.34. The van der Waals surface area contributed by atoms with Gasteiger partial charge >= 0.3 is 0 Å². The number of hydrogen-bond acceptors (Lipinski definition) is 1. The van der Waals surface area contributed by atoms with Gasteiger partial charge in [0.05, 0.1) is 5.02 Å². The average molecular weight is 292 g/mol. The number of aromatic nitrogens is 1. The molecule has 0 amide bonds. The largest absolute Gasteiger partial charge is 0.263 e. The van der Waals surface area contributed by atoms with Gasteiger partial charge in [0, 0.05) is 17.8 Å². The van der Waals surface area contributed by atoms with Crippen LogP contribution in [0.2, 0.25) is 5.02 Å². The van der Waals surface area contributed by atoms with Gasteiger partial charge in [0.1, 0.15) is 0 Å². The predicted octanol–water partition coefficient (Wildman–Crippen LogP) is 4.69. The number of alkyl halides is 1. The van der Waals surface area contributed by atoms with Gasteiger partial charge in [0.25, 0.3) is 0 Å². The second-order valence-electron chi connectivity index (χ2n) is 5.10. The first-order chi connectivity index (χ1) is 9.25. The minimum Gasteiger partial charge on any atom is -0.263 e. The van der Waals surface area contributed by atoms with Crippen molar-refractivity contribution >= 4 is 23.2 Å². The first-order valence-electron chi connectivity index (χ1n) is 6.53. The van der Waals surface area contributed by atoms with E-state index in [-0.39, 0.29) is 5.38 Å². The Balaban J connectivity index is 1.64. The third-order valence-corrected chi connectivity index (χ3v) is 4.62. The lowest BCUT2D eigenvalue weighted by atomic mass is 10.0. The maximum Gasteiger partial charge on any atom is 0.0621 e. The number of pyridine rings is 1.